The van der Waals surface area contributed by atoms with Crippen LogP contribution >= 0.6 is 0 Å². The van der Waals surface area contributed by atoms with Crippen molar-refractivity contribution in [3.05, 3.63) is 29.8 Å². The molecule has 7 nitrogen and oxygen atoms in total. The molecular formula is C19H24F3N3O4S. The SMILES string of the molecule is CS(=O)(=O)CCN1CCN(C(=O)C2CC(=O)N(c3cccc(C(F)(F)F)c3)C2)CC1. The van der Waals surface area contributed by atoms with E-state index in [1.807, 2.05) is 4.90 Å². The highest BCUT2D eigenvalue weighted by molar-refractivity contribution is 7.90. The third kappa shape index (κ3) is 5.51. The Morgan fingerprint density at radius 3 is 2.43 bits per heavy atom. The van der Waals surface area contributed by atoms with Gasteiger partial charge in [0.05, 0.1) is 17.2 Å². The molecule has 2 aliphatic rings. The number of amides is 2. The Bertz CT molecular complexity index is 912. The predicted octanol–water partition coefficient (Wildman–Crippen LogP) is 1.25. The third-order valence-electron chi connectivity index (χ3n) is 5.42. The van der Waals surface area contributed by atoms with E-state index in [4.69, 9.17) is 0 Å². The summed E-state index contributed by atoms with van der Waals surface area (Å²) in [5.74, 6) is -1.11. The molecule has 2 aliphatic heterocycles. The second kappa shape index (κ2) is 8.54. The predicted molar refractivity (Wildman–Crippen MR) is 105 cm³/mol. The average molecular weight is 447 g/mol. The van der Waals surface area contributed by atoms with E-state index in [2.05, 4.69) is 0 Å². The number of sulfone groups is 1. The van der Waals surface area contributed by atoms with Gasteiger partial charge in [0.1, 0.15) is 9.84 Å². The largest absolute Gasteiger partial charge is 0.416 e. The highest BCUT2D eigenvalue weighted by Crippen LogP contribution is 2.33. The number of rotatable bonds is 5. The highest BCUT2D eigenvalue weighted by Gasteiger charge is 2.39. The molecule has 2 fully saturated rings. The number of piperazine rings is 1. The van der Waals surface area contributed by atoms with Gasteiger partial charge in [-0.3, -0.25) is 14.5 Å². The van der Waals surface area contributed by atoms with Gasteiger partial charge in [0.2, 0.25) is 11.8 Å². The van der Waals surface area contributed by atoms with Gasteiger partial charge in [-0.05, 0) is 18.2 Å². The van der Waals surface area contributed by atoms with E-state index in [9.17, 15) is 31.2 Å². The van der Waals surface area contributed by atoms with Gasteiger partial charge in [0.15, 0.2) is 0 Å². The van der Waals surface area contributed by atoms with Crippen LogP contribution in [0, 0.1) is 5.92 Å². The van der Waals surface area contributed by atoms with Crippen LogP contribution in [0.4, 0.5) is 18.9 Å². The van der Waals surface area contributed by atoms with Crippen LogP contribution in [0.15, 0.2) is 24.3 Å². The maximum absolute atomic E-state index is 12.9. The zero-order valence-electron chi connectivity index (χ0n) is 16.6. The van der Waals surface area contributed by atoms with E-state index in [0.29, 0.717) is 32.7 Å². The molecule has 1 unspecified atom stereocenters. The van der Waals surface area contributed by atoms with E-state index in [1.54, 1.807) is 4.90 Å². The molecule has 2 amide bonds. The first kappa shape index (κ1) is 22.5. The number of hydrogen-bond donors (Lipinski definition) is 0. The molecule has 1 aromatic rings. The van der Waals surface area contributed by atoms with Gasteiger partial charge in [0.25, 0.3) is 0 Å². The standard InChI is InChI=1S/C19H24F3N3O4S/c1-30(28,29)10-9-23-5-7-24(8-6-23)18(27)14-11-17(26)25(13-14)16-4-2-3-15(12-16)19(20,21)22/h2-4,12,14H,5-11,13H2,1H3. The van der Waals surface area contributed by atoms with Crippen molar-refractivity contribution in [1.82, 2.24) is 9.80 Å². The first-order valence-electron chi connectivity index (χ1n) is 9.60. The van der Waals surface area contributed by atoms with Gasteiger partial charge in [-0.1, -0.05) is 6.07 Å². The second-order valence-electron chi connectivity index (χ2n) is 7.75. The highest BCUT2D eigenvalue weighted by atomic mass is 32.2. The smallest absolute Gasteiger partial charge is 0.340 e. The van der Waals surface area contributed by atoms with E-state index in [1.165, 1.54) is 23.3 Å². The van der Waals surface area contributed by atoms with Crippen molar-refractivity contribution in [2.45, 2.75) is 12.6 Å². The molecule has 2 heterocycles. The minimum Gasteiger partial charge on any atom is -0.340 e. The number of anilines is 1. The van der Waals surface area contributed by atoms with Crippen LogP contribution < -0.4 is 4.90 Å². The van der Waals surface area contributed by atoms with Crippen LogP contribution in [0.2, 0.25) is 0 Å². The zero-order chi connectivity index (χ0) is 22.1. The second-order valence-corrected chi connectivity index (χ2v) is 10.0. The Morgan fingerprint density at radius 1 is 1.17 bits per heavy atom. The molecule has 0 N–H and O–H groups in total. The Morgan fingerprint density at radius 2 is 1.83 bits per heavy atom. The number of carbonyl (C=O) groups is 2. The molecule has 0 radical (unpaired) electrons. The van der Waals surface area contributed by atoms with Gasteiger partial charge in [-0.2, -0.15) is 13.2 Å². The van der Waals surface area contributed by atoms with Gasteiger partial charge in [0, 0.05) is 57.6 Å². The minimum atomic E-state index is -4.51. The summed E-state index contributed by atoms with van der Waals surface area (Å²) < 4.78 is 61.4. The van der Waals surface area contributed by atoms with Gasteiger partial charge in [-0.15, -0.1) is 0 Å². The van der Waals surface area contributed by atoms with Crippen LogP contribution in [-0.2, 0) is 25.6 Å². The molecule has 30 heavy (non-hydrogen) atoms. The average Bonchev–Trinajstić information content (AvgIpc) is 3.07. The molecule has 0 bridgehead atoms. The van der Waals surface area contributed by atoms with E-state index < -0.39 is 27.5 Å². The summed E-state index contributed by atoms with van der Waals surface area (Å²) in [6, 6.07) is 4.54. The topological polar surface area (TPSA) is 78.0 Å². The number of alkyl halides is 3. The lowest BCUT2D eigenvalue weighted by Gasteiger charge is -2.35. The molecule has 1 aromatic carbocycles. The Hall–Kier alpha value is -2.14. The fourth-order valence-electron chi connectivity index (χ4n) is 3.72. The molecule has 0 aromatic heterocycles. The molecular weight excluding hydrogens is 423 g/mol. The lowest BCUT2D eigenvalue weighted by Crippen LogP contribution is -2.51. The molecule has 1 atom stereocenters. The third-order valence-corrected chi connectivity index (χ3v) is 6.35. The number of nitrogens with zero attached hydrogens (tertiary/aromatic N) is 3. The van der Waals surface area contributed by atoms with Crippen molar-refractivity contribution >= 4 is 27.3 Å². The maximum Gasteiger partial charge on any atom is 0.416 e. The van der Waals surface area contributed by atoms with Crippen LogP contribution in [0.5, 0.6) is 0 Å². The van der Waals surface area contributed by atoms with Crippen molar-refractivity contribution < 1.29 is 31.2 Å². The van der Waals surface area contributed by atoms with E-state index >= 15 is 0 Å². The van der Waals surface area contributed by atoms with Gasteiger partial charge < -0.3 is 9.80 Å². The lowest BCUT2D eigenvalue weighted by molar-refractivity contribution is -0.138. The van der Waals surface area contributed by atoms with Crippen molar-refractivity contribution in [3.63, 3.8) is 0 Å². The quantitative estimate of drug-likeness (QED) is 0.679. The van der Waals surface area contributed by atoms with E-state index in [-0.39, 0.29) is 36.2 Å². The van der Waals surface area contributed by atoms with Gasteiger partial charge in [-0.25, -0.2) is 8.42 Å². The van der Waals surface area contributed by atoms with Crippen molar-refractivity contribution in [3.8, 4) is 0 Å². The fourth-order valence-corrected chi connectivity index (χ4v) is 4.31. The molecule has 0 spiro atoms. The summed E-state index contributed by atoms with van der Waals surface area (Å²) in [4.78, 5) is 30.1. The van der Waals surface area contributed by atoms with Crippen LogP contribution in [0.1, 0.15) is 12.0 Å². The molecule has 11 heteroatoms. The number of benzene rings is 1. The molecule has 3 rings (SSSR count). The summed E-state index contributed by atoms with van der Waals surface area (Å²) in [7, 11) is -3.05. The lowest BCUT2D eigenvalue weighted by atomic mass is 10.1. The van der Waals surface area contributed by atoms with Crippen LogP contribution in [0.25, 0.3) is 0 Å². The fraction of sp³-hybridized carbons (Fsp3) is 0.579. The van der Waals surface area contributed by atoms with Crippen LogP contribution in [-0.4, -0.2) is 81.3 Å². The number of halogens is 3. The summed E-state index contributed by atoms with van der Waals surface area (Å²) in [6.45, 7) is 2.39. The molecule has 0 saturated carbocycles. The Labute approximate surface area is 173 Å². The molecule has 0 aliphatic carbocycles. The normalized spacial score (nSPS) is 21.3. The Kier molecular flexibility index (Phi) is 6.42. The van der Waals surface area contributed by atoms with Crippen LogP contribution in [0.3, 0.4) is 0 Å². The summed E-state index contributed by atoms with van der Waals surface area (Å²) in [5.41, 5.74) is -0.705. The first-order valence-corrected chi connectivity index (χ1v) is 11.7. The number of carbonyl (C=O) groups excluding carboxylic acids is 2. The summed E-state index contributed by atoms with van der Waals surface area (Å²) in [5, 5.41) is 0. The summed E-state index contributed by atoms with van der Waals surface area (Å²) in [6.07, 6.45) is -3.37. The van der Waals surface area contributed by atoms with Crippen molar-refractivity contribution in [2.75, 3.05) is 56.2 Å². The first-order chi connectivity index (χ1) is 13.9. The number of hydrogen-bond acceptors (Lipinski definition) is 5. The molecule has 166 valence electrons. The monoisotopic (exact) mass is 447 g/mol. The van der Waals surface area contributed by atoms with Crippen molar-refractivity contribution in [1.29, 1.82) is 0 Å². The van der Waals surface area contributed by atoms with E-state index in [0.717, 1.165) is 12.1 Å². The van der Waals surface area contributed by atoms with Gasteiger partial charge >= 0.3 is 6.18 Å². The Balaban J connectivity index is 1.58. The summed E-state index contributed by atoms with van der Waals surface area (Å²) >= 11 is 0. The maximum atomic E-state index is 12.9. The zero-order valence-corrected chi connectivity index (χ0v) is 17.4. The molecule has 2 saturated heterocycles. The van der Waals surface area contributed by atoms with Crippen molar-refractivity contribution in [2.24, 2.45) is 5.92 Å². The minimum absolute atomic E-state index is 0.0383.